The summed E-state index contributed by atoms with van der Waals surface area (Å²) < 4.78 is 1.03. The molecule has 0 saturated carbocycles. The molecule has 3 N–H and O–H groups in total. The topological polar surface area (TPSA) is 46.2 Å². The second kappa shape index (κ2) is 6.38. The molecule has 0 spiro atoms. The number of aliphatic hydroxyl groups excluding tert-OH is 1. The summed E-state index contributed by atoms with van der Waals surface area (Å²) in [7, 11) is 0. The molecule has 1 aromatic carbocycles. The molecule has 0 aliphatic heterocycles. The number of aliphatic hydroxyl groups is 1. The first-order chi connectivity index (χ1) is 7.60. The van der Waals surface area contributed by atoms with Gasteiger partial charge in [-0.1, -0.05) is 48.3 Å². The number of hydrogen-bond donors (Lipinski definition) is 2. The lowest BCUT2D eigenvalue weighted by molar-refractivity contribution is 0.0886. The van der Waals surface area contributed by atoms with Gasteiger partial charge in [-0.05, 0) is 23.6 Å². The van der Waals surface area contributed by atoms with Gasteiger partial charge in [0.1, 0.15) is 0 Å². The normalized spacial score (nSPS) is 16.8. The average molecular weight is 286 g/mol. The third-order valence-electron chi connectivity index (χ3n) is 3.17. The van der Waals surface area contributed by atoms with Crippen molar-refractivity contribution < 1.29 is 5.11 Å². The van der Waals surface area contributed by atoms with Gasteiger partial charge in [-0.25, -0.2) is 0 Å². The molecule has 0 saturated heterocycles. The Hall–Kier alpha value is -0.380. The van der Waals surface area contributed by atoms with Crippen molar-refractivity contribution >= 4 is 15.9 Å². The van der Waals surface area contributed by atoms with Gasteiger partial charge in [0.25, 0.3) is 0 Å². The van der Waals surface area contributed by atoms with E-state index in [-0.39, 0.29) is 17.9 Å². The molecule has 0 bridgehead atoms. The van der Waals surface area contributed by atoms with E-state index in [0.717, 1.165) is 16.5 Å². The van der Waals surface area contributed by atoms with Crippen LogP contribution in [0, 0.1) is 5.92 Å². The molecule has 0 heterocycles. The summed E-state index contributed by atoms with van der Waals surface area (Å²) in [5.74, 6) is 0.292. The first-order valence-electron chi connectivity index (χ1n) is 5.73. The van der Waals surface area contributed by atoms with Gasteiger partial charge in [-0.15, -0.1) is 0 Å². The Balaban J connectivity index is 2.89. The molecule has 0 radical (unpaired) electrons. The standard InChI is InChI=1S/C13H20BrNO/c1-3-9(2)13(16)12(8-15)10-5-4-6-11(14)7-10/h4-7,9,12-13,16H,3,8,15H2,1-2H3. The van der Waals surface area contributed by atoms with E-state index >= 15 is 0 Å². The van der Waals surface area contributed by atoms with Crippen molar-refractivity contribution in [2.45, 2.75) is 32.3 Å². The molecule has 3 heteroatoms. The van der Waals surface area contributed by atoms with Crippen LogP contribution in [0.25, 0.3) is 0 Å². The largest absolute Gasteiger partial charge is 0.392 e. The number of benzene rings is 1. The first-order valence-corrected chi connectivity index (χ1v) is 6.53. The fourth-order valence-corrected chi connectivity index (χ4v) is 2.26. The third-order valence-corrected chi connectivity index (χ3v) is 3.66. The van der Waals surface area contributed by atoms with Gasteiger partial charge in [-0.2, -0.15) is 0 Å². The summed E-state index contributed by atoms with van der Waals surface area (Å²) in [4.78, 5) is 0. The Morgan fingerprint density at radius 1 is 1.44 bits per heavy atom. The lowest BCUT2D eigenvalue weighted by atomic mass is 9.85. The molecule has 0 aliphatic rings. The van der Waals surface area contributed by atoms with E-state index in [2.05, 4.69) is 29.8 Å². The molecular formula is C13H20BrNO. The predicted octanol–water partition coefficient (Wildman–Crippen LogP) is 2.90. The summed E-state index contributed by atoms with van der Waals surface area (Å²) in [5.41, 5.74) is 6.87. The highest BCUT2D eigenvalue weighted by molar-refractivity contribution is 9.10. The minimum Gasteiger partial charge on any atom is -0.392 e. The number of hydrogen-bond acceptors (Lipinski definition) is 2. The zero-order valence-corrected chi connectivity index (χ0v) is 11.4. The first kappa shape index (κ1) is 13.7. The smallest absolute Gasteiger partial charge is 0.0646 e. The summed E-state index contributed by atoms with van der Waals surface area (Å²) in [6.07, 6.45) is 0.593. The highest BCUT2D eigenvalue weighted by Gasteiger charge is 2.24. The highest BCUT2D eigenvalue weighted by atomic mass is 79.9. The maximum atomic E-state index is 10.2. The van der Waals surface area contributed by atoms with Crippen molar-refractivity contribution in [3.63, 3.8) is 0 Å². The minimum absolute atomic E-state index is 0.0208. The zero-order valence-electron chi connectivity index (χ0n) is 9.86. The van der Waals surface area contributed by atoms with Crippen molar-refractivity contribution in [2.24, 2.45) is 11.7 Å². The van der Waals surface area contributed by atoms with Crippen molar-refractivity contribution in [1.29, 1.82) is 0 Å². The summed E-state index contributed by atoms with van der Waals surface area (Å²) in [6, 6.07) is 8.01. The Kier molecular flexibility index (Phi) is 5.46. The Morgan fingerprint density at radius 3 is 2.62 bits per heavy atom. The second-order valence-corrected chi connectivity index (χ2v) is 5.19. The predicted molar refractivity (Wildman–Crippen MR) is 71.4 cm³/mol. The molecule has 0 amide bonds. The SMILES string of the molecule is CCC(C)C(O)C(CN)c1cccc(Br)c1. The van der Waals surface area contributed by atoms with Gasteiger partial charge < -0.3 is 10.8 Å². The van der Waals surface area contributed by atoms with Crippen LogP contribution in [0.4, 0.5) is 0 Å². The van der Waals surface area contributed by atoms with Crippen molar-refractivity contribution in [3.05, 3.63) is 34.3 Å². The number of halogens is 1. The molecule has 0 fully saturated rings. The van der Waals surface area contributed by atoms with E-state index in [4.69, 9.17) is 5.73 Å². The van der Waals surface area contributed by atoms with Crippen molar-refractivity contribution in [1.82, 2.24) is 0 Å². The molecule has 3 atom stereocenters. The zero-order chi connectivity index (χ0) is 12.1. The molecule has 1 rings (SSSR count). The maximum absolute atomic E-state index is 10.2. The van der Waals surface area contributed by atoms with Crippen molar-refractivity contribution in [2.75, 3.05) is 6.54 Å². The quantitative estimate of drug-likeness (QED) is 0.874. The number of rotatable bonds is 5. The molecule has 0 aliphatic carbocycles. The molecule has 0 aromatic heterocycles. The average Bonchev–Trinajstić information content (AvgIpc) is 2.29. The van der Waals surface area contributed by atoms with Gasteiger partial charge in [0, 0.05) is 16.9 Å². The van der Waals surface area contributed by atoms with Crippen LogP contribution in [-0.4, -0.2) is 17.8 Å². The Morgan fingerprint density at radius 2 is 2.12 bits per heavy atom. The van der Waals surface area contributed by atoms with E-state index in [1.165, 1.54) is 0 Å². The molecule has 16 heavy (non-hydrogen) atoms. The van der Waals surface area contributed by atoms with Gasteiger partial charge in [0.05, 0.1) is 6.10 Å². The summed E-state index contributed by atoms with van der Waals surface area (Å²) >= 11 is 3.44. The Bertz CT molecular complexity index is 329. The lowest BCUT2D eigenvalue weighted by Gasteiger charge is -2.26. The van der Waals surface area contributed by atoms with Crippen LogP contribution in [0.3, 0.4) is 0 Å². The second-order valence-electron chi connectivity index (χ2n) is 4.27. The highest BCUT2D eigenvalue weighted by Crippen LogP contribution is 2.26. The van der Waals surface area contributed by atoms with Gasteiger partial charge in [0.15, 0.2) is 0 Å². The lowest BCUT2D eigenvalue weighted by Crippen LogP contribution is -2.30. The molecular weight excluding hydrogens is 266 g/mol. The summed E-state index contributed by atoms with van der Waals surface area (Å²) in [6.45, 7) is 4.62. The molecule has 1 aromatic rings. The Labute approximate surface area is 106 Å². The van der Waals surface area contributed by atoms with Crippen LogP contribution in [0.5, 0.6) is 0 Å². The summed E-state index contributed by atoms with van der Waals surface area (Å²) in [5, 5.41) is 10.2. The fourth-order valence-electron chi connectivity index (χ4n) is 1.85. The van der Waals surface area contributed by atoms with E-state index in [9.17, 15) is 5.11 Å². The van der Waals surface area contributed by atoms with Crippen LogP contribution < -0.4 is 5.73 Å². The van der Waals surface area contributed by atoms with E-state index in [1.54, 1.807) is 0 Å². The number of nitrogens with two attached hydrogens (primary N) is 1. The molecule has 2 nitrogen and oxygen atoms in total. The van der Waals surface area contributed by atoms with Crippen LogP contribution in [-0.2, 0) is 0 Å². The van der Waals surface area contributed by atoms with Gasteiger partial charge in [0.2, 0.25) is 0 Å². The monoisotopic (exact) mass is 285 g/mol. The van der Waals surface area contributed by atoms with E-state index in [0.29, 0.717) is 6.54 Å². The molecule has 90 valence electrons. The van der Waals surface area contributed by atoms with Crippen LogP contribution >= 0.6 is 15.9 Å². The van der Waals surface area contributed by atoms with Gasteiger partial charge in [-0.3, -0.25) is 0 Å². The third kappa shape index (κ3) is 3.30. The van der Waals surface area contributed by atoms with Gasteiger partial charge >= 0.3 is 0 Å². The van der Waals surface area contributed by atoms with Crippen LogP contribution in [0.2, 0.25) is 0 Å². The van der Waals surface area contributed by atoms with E-state index in [1.807, 2.05) is 24.3 Å². The van der Waals surface area contributed by atoms with Crippen molar-refractivity contribution in [3.8, 4) is 0 Å². The van der Waals surface area contributed by atoms with Crippen LogP contribution in [0.15, 0.2) is 28.7 Å². The molecule has 3 unspecified atom stereocenters. The maximum Gasteiger partial charge on any atom is 0.0646 e. The fraction of sp³-hybridized carbons (Fsp3) is 0.538. The minimum atomic E-state index is -0.371. The van der Waals surface area contributed by atoms with E-state index < -0.39 is 0 Å². The van der Waals surface area contributed by atoms with Crippen LogP contribution in [0.1, 0.15) is 31.7 Å².